The highest BCUT2D eigenvalue weighted by Gasteiger charge is 2.35. The number of carbonyl (C=O) groups is 1. The summed E-state index contributed by atoms with van der Waals surface area (Å²) in [6.45, 7) is 6.90. The maximum Gasteiger partial charge on any atom is 0.182 e. The van der Waals surface area contributed by atoms with E-state index < -0.39 is 5.54 Å². The molecule has 0 radical (unpaired) electrons. The summed E-state index contributed by atoms with van der Waals surface area (Å²) in [4.78, 5) is 12.8. The first-order valence-electron chi connectivity index (χ1n) is 6.93. The predicted octanol–water partition coefficient (Wildman–Crippen LogP) is 3.03. The van der Waals surface area contributed by atoms with Gasteiger partial charge < -0.3 is 10.1 Å². The average molecular weight is 261 g/mol. The first-order valence-corrected chi connectivity index (χ1v) is 6.93. The van der Waals surface area contributed by atoms with Crippen LogP contribution in [0.2, 0.25) is 0 Å². The summed E-state index contributed by atoms with van der Waals surface area (Å²) in [7, 11) is 1.66. The molecule has 0 aromatic heterocycles. The number of piperidine rings is 1. The number of rotatable bonds is 3. The Morgan fingerprint density at radius 3 is 2.58 bits per heavy atom. The van der Waals surface area contributed by atoms with Gasteiger partial charge in [0.2, 0.25) is 0 Å². The van der Waals surface area contributed by atoms with Crippen molar-refractivity contribution in [2.24, 2.45) is 0 Å². The molecule has 1 aromatic carbocycles. The summed E-state index contributed by atoms with van der Waals surface area (Å²) in [6, 6.07) is 3.91. The average Bonchev–Trinajstić information content (AvgIpc) is 2.41. The molecule has 1 heterocycles. The molecule has 0 amide bonds. The number of nitrogens with one attached hydrogen (secondary N) is 1. The van der Waals surface area contributed by atoms with E-state index >= 15 is 0 Å². The van der Waals surface area contributed by atoms with Crippen LogP contribution in [0.5, 0.6) is 5.75 Å². The number of aryl methyl sites for hydroxylation is 2. The number of benzene rings is 1. The number of ether oxygens (including phenoxy) is 1. The van der Waals surface area contributed by atoms with Crippen molar-refractivity contribution >= 4 is 5.78 Å². The number of hydrogen-bond acceptors (Lipinski definition) is 3. The molecule has 0 spiro atoms. The Morgan fingerprint density at radius 1 is 1.26 bits per heavy atom. The van der Waals surface area contributed by atoms with E-state index in [1.807, 2.05) is 32.9 Å². The van der Waals surface area contributed by atoms with Crippen molar-refractivity contribution < 1.29 is 9.53 Å². The van der Waals surface area contributed by atoms with Crippen LogP contribution in [0.1, 0.15) is 47.7 Å². The van der Waals surface area contributed by atoms with Crippen LogP contribution in [-0.2, 0) is 0 Å². The molecular formula is C16H23NO2. The topological polar surface area (TPSA) is 38.3 Å². The van der Waals surface area contributed by atoms with E-state index in [2.05, 4.69) is 5.32 Å². The smallest absolute Gasteiger partial charge is 0.182 e. The largest absolute Gasteiger partial charge is 0.496 e. The number of Topliss-reactive ketones (excluding diaryl/α,β-unsaturated/α-hetero) is 1. The fourth-order valence-electron chi connectivity index (χ4n) is 2.80. The standard InChI is InChI=1S/C16H23NO2/c1-11-10-14(19-4)12(2)9-13(11)15(18)16(3)7-5-6-8-17-16/h9-10,17H,5-8H2,1-4H3. The summed E-state index contributed by atoms with van der Waals surface area (Å²) in [5.41, 5.74) is 2.40. The highest BCUT2D eigenvalue weighted by Crippen LogP contribution is 2.28. The molecule has 1 N–H and O–H groups in total. The fourth-order valence-corrected chi connectivity index (χ4v) is 2.80. The molecule has 104 valence electrons. The van der Waals surface area contributed by atoms with E-state index in [0.29, 0.717) is 0 Å². The molecule has 0 saturated carbocycles. The number of methoxy groups -OCH3 is 1. The molecule has 1 aromatic rings. The Morgan fingerprint density at radius 2 is 2.00 bits per heavy atom. The zero-order valence-electron chi connectivity index (χ0n) is 12.3. The van der Waals surface area contributed by atoms with Crippen molar-refractivity contribution in [1.29, 1.82) is 0 Å². The lowest BCUT2D eigenvalue weighted by Crippen LogP contribution is -2.52. The third-order valence-corrected chi connectivity index (χ3v) is 4.11. The Labute approximate surface area is 115 Å². The van der Waals surface area contributed by atoms with Gasteiger partial charge >= 0.3 is 0 Å². The van der Waals surface area contributed by atoms with E-state index in [0.717, 1.165) is 48.2 Å². The van der Waals surface area contributed by atoms with Crippen LogP contribution in [0.15, 0.2) is 12.1 Å². The van der Waals surface area contributed by atoms with Gasteiger partial charge in [-0.2, -0.15) is 0 Å². The molecule has 1 aliphatic heterocycles. The summed E-state index contributed by atoms with van der Waals surface area (Å²) in [5.74, 6) is 1.05. The minimum absolute atomic E-state index is 0.204. The summed E-state index contributed by atoms with van der Waals surface area (Å²) < 4.78 is 5.30. The van der Waals surface area contributed by atoms with E-state index in [-0.39, 0.29) is 5.78 Å². The summed E-state index contributed by atoms with van der Waals surface area (Å²) >= 11 is 0. The molecule has 2 rings (SSSR count). The quantitative estimate of drug-likeness (QED) is 0.850. The van der Waals surface area contributed by atoms with Crippen LogP contribution < -0.4 is 10.1 Å². The lowest BCUT2D eigenvalue weighted by Gasteiger charge is -2.34. The van der Waals surface area contributed by atoms with Crippen LogP contribution in [0.3, 0.4) is 0 Å². The third-order valence-electron chi connectivity index (χ3n) is 4.11. The van der Waals surface area contributed by atoms with E-state index in [1.54, 1.807) is 7.11 Å². The van der Waals surface area contributed by atoms with Crippen LogP contribution >= 0.6 is 0 Å². The van der Waals surface area contributed by atoms with E-state index in [4.69, 9.17) is 4.74 Å². The predicted molar refractivity (Wildman–Crippen MR) is 77.1 cm³/mol. The maximum atomic E-state index is 12.8. The summed E-state index contributed by atoms with van der Waals surface area (Å²) in [6.07, 6.45) is 3.18. The molecule has 1 saturated heterocycles. The Balaban J connectivity index is 2.36. The van der Waals surface area contributed by atoms with Gasteiger partial charge in [0.25, 0.3) is 0 Å². The van der Waals surface area contributed by atoms with Gasteiger partial charge in [-0.1, -0.05) is 0 Å². The lowest BCUT2D eigenvalue weighted by molar-refractivity contribution is 0.0834. The number of carbonyl (C=O) groups excluding carboxylic acids is 1. The molecule has 1 fully saturated rings. The molecule has 3 nitrogen and oxygen atoms in total. The zero-order valence-corrected chi connectivity index (χ0v) is 12.3. The van der Waals surface area contributed by atoms with Crippen LogP contribution in [-0.4, -0.2) is 25.0 Å². The first kappa shape index (κ1) is 14.1. The molecule has 0 bridgehead atoms. The highest BCUT2D eigenvalue weighted by atomic mass is 16.5. The van der Waals surface area contributed by atoms with Crippen molar-refractivity contribution in [3.63, 3.8) is 0 Å². The van der Waals surface area contributed by atoms with Crippen molar-refractivity contribution in [2.75, 3.05) is 13.7 Å². The number of ketones is 1. The van der Waals surface area contributed by atoms with E-state index in [1.165, 1.54) is 0 Å². The molecule has 19 heavy (non-hydrogen) atoms. The second kappa shape index (κ2) is 5.33. The third kappa shape index (κ3) is 2.66. The van der Waals surface area contributed by atoms with Gasteiger partial charge in [-0.15, -0.1) is 0 Å². The lowest BCUT2D eigenvalue weighted by atomic mass is 9.82. The van der Waals surface area contributed by atoms with Crippen LogP contribution in [0.25, 0.3) is 0 Å². The molecular weight excluding hydrogens is 238 g/mol. The fraction of sp³-hybridized carbons (Fsp3) is 0.562. The SMILES string of the molecule is COc1cc(C)c(C(=O)C2(C)CCCCN2)cc1C. The van der Waals surface area contributed by atoms with Gasteiger partial charge in [0.15, 0.2) is 5.78 Å². The van der Waals surface area contributed by atoms with Gasteiger partial charge in [-0.3, -0.25) is 4.79 Å². The van der Waals surface area contributed by atoms with Crippen molar-refractivity contribution in [2.45, 2.75) is 45.6 Å². The van der Waals surface area contributed by atoms with Gasteiger partial charge in [0, 0.05) is 5.56 Å². The summed E-state index contributed by atoms with van der Waals surface area (Å²) in [5, 5.41) is 3.39. The second-order valence-corrected chi connectivity index (χ2v) is 5.68. The molecule has 0 aliphatic carbocycles. The second-order valence-electron chi connectivity index (χ2n) is 5.68. The Hall–Kier alpha value is -1.35. The maximum absolute atomic E-state index is 12.8. The molecule has 1 unspecified atom stereocenters. The number of hydrogen-bond donors (Lipinski definition) is 1. The van der Waals surface area contributed by atoms with Gasteiger partial charge in [0.05, 0.1) is 12.6 Å². The van der Waals surface area contributed by atoms with Crippen molar-refractivity contribution in [1.82, 2.24) is 5.32 Å². The Bertz CT molecular complexity index is 488. The van der Waals surface area contributed by atoms with Crippen LogP contribution in [0, 0.1) is 13.8 Å². The normalized spacial score (nSPS) is 23.2. The van der Waals surface area contributed by atoms with Crippen molar-refractivity contribution in [3.8, 4) is 5.75 Å². The molecule has 3 heteroatoms. The minimum Gasteiger partial charge on any atom is -0.496 e. The highest BCUT2D eigenvalue weighted by molar-refractivity contribution is 6.04. The van der Waals surface area contributed by atoms with Crippen molar-refractivity contribution in [3.05, 3.63) is 28.8 Å². The van der Waals surface area contributed by atoms with Gasteiger partial charge in [-0.25, -0.2) is 0 Å². The monoisotopic (exact) mass is 261 g/mol. The Kier molecular flexibility index (Phi) is 3.95. The van der Waals surface area contributed by atoms with E-state index in [9.17, 15) is 4.79 Å². The van der Waals surface area contributed by atoms with Crippen LogP contribution in [0.4, 0.5) is 0 Å². The zero-order chi connectivity index (χ0) is 14.0. The minimum atomic E-state index is -0.413. The van der Waals surface area contributed by atoms with Gasteiger partial charge in [0.1, 0.15) is 5.75 Å². The molecule has 1 aliphatic rings. The molecule has 1 atom stereocenters. The van der Waals surface area contributed by atoms with Gasteiger partial charge in [-0.05, 0) is 69.8 Å². The first-order chi connectivity index (χ1) is 8.98.